The molecule has 0 radical (unpaired) electrons. The molecule has 4 heterocycles. The summed E-state index contributed by atoms with van der Waals surface area (Å²) in [5, 5.41) is 16.0. The van der Waals surface area contributed by atoms with Crippen LogP contribution in [-0.4, -0.2) is 51.0 Å². The number of aryl methyl sites for hydroxylation is 4. The maximum absolute atomic E-state index is 12.5. The van der Waals surface area contributed by atoms with Gasteiger partial charge in [0.1, 0.15) is 5.82 Å². The van der Waals surface area contributed by atoms with Crippen LogP contribution in [0.4, 0.5) is 5.82 Å². The molecule has 0 atom stereocenters. The van der Waals surface area contributed by atoms with E-state index in [2.05, 4.69) is 31.1 Å². The van der Waals surface area contributed by atoms with E-state index in [1.165, 1.54) is 11.8 Å². The second-order valence-corrected chi connectivity index (χ2v) is 9.44. The van der Waals surface area contributed by atoms with Gasteiger partial charge < -0.3 is 9.88 Å². The minimum absolute atomic E-state index is 0.168. The van der Waals surface area contributed by atoms with Crippen LogP contribution in [0.1, 0.15) is 17.3 Å². The molecule has 0 aliphatic rings. The molecule has 180 valence electrons. The summed E-state index contributed by atoms with van der Waals surface area (Å²) in [6, 6.07) is 17.7. The fraction of sp³-hybridized carbons (Fsp3) is 0.200. The predicted octanol–water partition coefficient (Wildman–Crippen LogP) is 3.94. The zero-order valence-corrected chi connectivity index (χ0v) is 20.6. The van der Waals surface area contributed by atoms with Crippen LogP contribution in [0.3, 0.4) is 0 Å². The lowest BCUT2D eigenvalue weighted by Gasteiger charge is -2.06. The summed E-state index contributed by atoms with van der Waals surface area (Å²) < 4.78 is 3.93. The van der Waals surface area contributed by atoms with E-state index in [0.717, 1.165) is 39.1 Å². The lowest BCUT2D eigenvalue weighted by atomic mass is 10.2. The van der Waals surface area contributed by atoms with Crippen LogP contribution in [0.5, 0.6) is 0 Å². The number of anilines is 1. The Balaban J connectivity index is 1.28. The zero-order chi connectivity index (χ0) is 24.6. The first-order valence-electron chi connectivity index (χ1n) is 11.6. The highest BCUT2D eigenvalue weighted by atomic mass is 32.2. The van der Waals surface area contributed by atoms with Gasteiger partial charge >= 0.3 is 0 Å². The number of fused-ring (bicyclic) bond motifs is 4. The molecule has 6 rings (SSSR count). The van der Waals surface area contributed by atoms with E-state index in [-0.39, 0.29) is 11.7 Å². The number of H-pyrrole nitrogens is 1. The number of imidazole rings is 1. The second-order valence-electron chi connectivity index (χ2n) is 8.50. The van der Waals surface area contributed by atoms with Gasteiger partial charge in [-0.15, -0.1) is 5.10 Å². The van der Waals surface area contributed by atoms with Crippen molar-refractivity contribution in [1.82, 2.24) is 39.3 Å². The average Bonchev–Trinajstić information content (AvgIpc) is 3.57. The normalized spacial score (nSPS) is 11.6. The molecule has 4 aromatic heterocycles. The van der Waals surface area contributed by atoms with Crippen molar-refractivity contribution in [3.05, 3.63) is 71.9 Å². The largest absolute Gasteiger partial charge is 0.328 e. The Morgan fingerprint density at radius 3 is 2.67 bits per heavy atom. The van der Waals surface area contributed by atoms with Crippen LogP contribution in [0.15, 0.2) is 59.8 Å². The maximum Gasteiger partial charge on any atom is 0.236 e. The Morgan fingerprint density at radius 1 is 1.03 bits per heavy atom. The SMILES string of the molecule is Cc1cc(NC(=O)CSc2nc3ccccc3c3nc(CCn4c(C)nc5ccccc54)nn23)n[nH]1. The number of nitrogens with zero attached hydrogens (tertiary/aromatic N) is 7. The molecule has 0 fully saturated rings. The summed E-state index contributed by atoms with van der Waals surface area (Å²) in [4.78, 5) is 26.8. The van der Waals surface area contributed by atoms with Gasteiger partial charge in [-0.05, 0) is 38.1 Å². The summed E-state index contributed by atoms with van der Waals surface area (Å²) in [7, 11) is 0. The molecule has 2 aromatic carbocycles. The molecule has 36 heavy (non-hydrogen) atoms. The molecule has 0 saturated heterocycles. The Bertz CT molecular complexity index is 1730. The van der Waals surface area contributed by atoms with Gasteiger partial charge in [0.25, 0.3) is 0 Å². The van der Waals surface area contributed by atoms with Crippen molar-refractivity contribution < 1.29 is 4.79 Å². The monoisotopic (exact) mass is 497 g/mol. The van der Waals surface area contributed by atoms with Crippen LogP contribution in [-0.2, 0) is 17.8 Å². The number of aromatic nitrogens is 8. The van der Waals surface area contributed by atoms with Gasteiger partial charge in [-0.2, -0.15) is 9.61 Å². The fourth-order valence-electron chi connectivity index (χ4n) is 4.25. The molecule has 1 amide bonds. The quantitative estimate of drug-likeness (QED) is 0.253. The number of hydrogen-bond donors (Lipinski definition) is 2. The molecule has 11 heteroatoms. The topological polar surface area (TPSA) is 119 Å². The number of aromatic amines is 1. The lowest BCUT2D eigenvalue weighted by Crippen LogP contribution is -2.15. The number of benzene rings is 2. The van der Waals surface area contributed by atoms with Gasteiger partial charge in [-0.1, -0.05) is 36.0 Å². The van der Waals surface area contributed by atoms with Crippen LogP contribution in [0.2, 0.25) is 0 Å². The Kier molecular flexibility index (Phi) is 5.61. The molecule has 2 N–H and O–H groups in total. The summed E-state index contributed by atoms with van der Waals surface area (Å²) in [5.41, 5.74) is 4.50. The number of amides is 1. The highest BCUT2D eigenvalue weighted by Gasteiger charge is 2.16. The molecule has 0 aliphatic carbocycles. The fourth-order valence-corrected chi connectivity index (χ4v) is 5.00. The molecular weight excluding hydrogens is 474 g/mol. The van der Waals surface area contributed by atoms with Crippen LogP contribution < -0.4 is 5.32 Å². The third-order valence-electron chi connectivity index (χ3n) is 5.90. The van der Waals surface area contributed by atoms with Crippen molar-refractivity contribution in [3.8, 4) is 0 Å². The van der Waals surface area contributed by atoms with Gasteiger partial charge in [-0.3, -0.25) is 9.89 Å². The molecule has 0 saturated carbocycles. The van der Waals surface area contributed by atoms with Gasteiger partial charge in [-0.25, -0.2) is 15.0 Å². The Labute approximate surface area is 210 Å². The van der Waals surface area contributed by atoms with Gasteiger partial charge in [0.2, 0.25) is 5.91 Å². The minimum Gasteiger partial charge on any atom is -0.328 e. The molecule has 6 aromatic rings. The number of nitrogens with one attached hydrogen (secondary N) is 2. The van der Waals surface area contributed by atoms with Crippen molar-refractivity contribution in [2.45, 2.75) is 32.0 Å². The van der Waals surface area contributed by atoms with Crippen LogP contribution >= 0.6 is 11.8 Å². The smallest absolute Gasteiger partial charge is 0.236 e. The van der Waals surface area contributed by atoms with Crippen LogP contribution in [0, 0.1) is 13.8 Å². The molecule has 0 bridgehead atoms. The van der Waals surface area contributed by atoms with E-state index in [1.54, 1.807) is 10.6 Å². The second kappa shape index (κ2) is 9.08. The van der Waals surface area contributed by atoms with Gasteiger partial charge in [0.15, 0.2) is 22.4 Å². The van der Waals surface area contributed by atoms with Crippen molar-refractivity contribution in [3.63, 3.8) is 0 Å². The van der Waals surface area contributed by atoms with Crippen molar-refractivity contribution in [1.29, 1.82) is 0 Å². The molecule has 0 aliphatic heterocycles. The summed E-state index contributed by atoms with van der Waals surface area (Å²) in [6.07, 6.45) is 0.639. The standard InChI is InChI=1S/C25H23N9OS/c1-15-13-22(31-30-15)28-23(35)14-36-25-27-18-8-4-3-7-17(18)24-29-21(32-34(24)25)11-12-33-16(2)26-19-9-5-6-10-20(19)33/h3-10,13H,11-12,14H2,1-2H3,(H2,28,30,31,35). The van der Waals surface area contributed by atoms with Crippen molar-refractivity contribution in [2.24, 2.45) is 0 Å². The van der Waals surface area contributed by atoms with E-state index in [4.69, 9.17) is 15.1 Å². The lowest BCUT2D eigenvalue weighted by molar-refractivity contribution is -0.113. The zero-order valence-electron chi connectivity index (χ0n) is 19.8. The van der Waals surface area contributed by atoms with Crippen molar-refractivity contribution >= 4 is 51.1 Å². The van der Waals surface area contributed by atoms with Crippen molar-refractivity contribution in [2.75, 3.05) is 11.1 Å². The Hall–Kier alpha value is -4.25. The predicted molar refractivity (Wildman–Crippen MR) is 139 cm³/mol. The van der Waals surface area contributed by atoms with E-state index in [1.807, 2.05) is 56.3 Å². The number of rotatable bonds is 7. The van der Waals surface area contributed by atoms with E-state index < -0.39 is 0 Å². The molecule has 0 unspecified atom stereocenters. The molecule has 0 spiro atoms. The van der Waals surface area contributed by atoms with E-state index in [9.17, 15) is 4.79 Å². The third kappa shape index (κ3) is 4.17. The molecule has 10 nitrogen and oxygen atoms in total. The third-order valence-corrected chi connectivity index (χ3v) is 6.83. The van der Waals surface area contributed by atoms with Crippen LogP contribution in [0.25, 0.3) is 27.6 Å². The highest BCUT2D eigenvalue weighted by molar-refractivity contribution is 7.99. The summed E-state index contributed by atoms with van der Waals surface area (Å²) >= 11 is 1.32. The number of carbonyl (C=O) groups excluding carboxylic acids is 1. The highest BCUT2D eigenvalue weighted by Crippen LogP contribution is 2.24. The summed E-state index contributed by atoms with van der Waals surface area (Å²) in [5.74, 6) is 2.17. The Morgan fingerprint density at radius 2 is 1.83 bits per heavy atom. The van der Waals surface area contributed by atoms with Gasteiger partial charge in [0.05, 0.1) is 22.3 Å². The first-order chi connectivity index (χ1) is 17.5. The first kappa shape index (κ1) is 22.2. The number of hydrogen-bond acceptors (Lipinski definition) is 7. The first-order valence-corrected chi connectivity index (χ1v) is 12.5. The van der Waals surface area contributed by atoms with E-state index >= 15 is 0 Å². The average molecular weight is 498 g/mol. The number of para-hydroxylation sites is 3. The minimum atomic E-state index is -0.169. The summed E-state index contributed by atoms with van der Waals surface area (Å²) in [6.45, 7) is 4.60. The maximum atomic E-state index is 12.5. The van der Waals surface area contributed by atoms with E-state index in [0.29, 0.717) is 29.8 Å². The number of carbonyl (C=O) groups is 1. The molecular formula is C25H23N9OS. The van der Waals surface area contributed by atoms with Gasteiger partial charge in [0, 0.05) is 30.1 Å². The number of thioether (sulfide) groups is 1.